The van der Waals surface area contributed by atoms with Gasteiger partial charge in [0.05, 0.1) is 34.3 Å². The van der Waals surface area contributed by atoms with Crippen molar-refractivity contribution in [2.24, 2.45) is 0 Å². The van der Waals surface area contributed by atoms with Crippen LogP contribution in [0.2, 0.25) is 0 Å². The van der Waals surface area contributed by atoms with Crippen LogP contribution in [0.4, 0.5) is 10.1 Å². The van der Waals surface area contributed by atoms with E-state index in [4.69, 9.17) is 4.74 Å². The van der Waals surface area contributed by atoms with Crippen molar-refractivity contribution in [3.8, 4) is 11.5 Å². The molecular weight excluding hydrogens is 505 g/mol. The summed E-state index contributed by atoms with van der Waals surface area (Å²) in [4.78, 5) is 17.7. The fourth-order valence-corrected chi connectivity index (χ4v) is 5.41. The van der Waals surface area contributed by atoms with Crippen molar-refractivity contribution in [1.82, 2.24) is 19.1 Å². The molecule has 38 heavy (non-hydrogen) atoms. The second-order valence-electron chi connectivity index (χ2n) is 10.4. The Morgan fingerprint density at radius 3 is 2.63 bits per heavy atom. The molecule has 0 bridgehead atoms. The quantitative estimate of drug-likeness (QED) is 0.345. The molecule has 1 N–H and O–H groups in total. The van der Waals surface area contributed by atoms with E-state index in [9.17, 15) is 9.00 Å². The number of carbonyl (C=O) groups excluding carboxylic acids is 1. The third kappa shape index (κ3) is 5.32. The van der Waals surface area contributed by atoms with Crippen LogP contribution in [0.5, 0.6) is 11.5 Å². The number of nitrogens with zero attached hydrogens (tertiary/aromatic N) is 4. The fourth-order valence-electron chi connectivity index (χ4n) is 4.12. The first-order valence-electron chi connectivity index (χ1n) is 12.5. The van der Waals surface area contributed by atoms with E-state index in [0.717, 1.165) is 19.5 Å². The van der Waals surface area contributed by atoms with Crippen molar-refractivity contribution in [3.63, 3.8) is 0 Å². The molecule has 0 radical (unpaired) electrons. The molecule has 0 aliphatic carbocycles. The highest BCUT2D eigenvalue weighted by Crippen LogP contribution is 2.34. The third-order valence-electron chi connectivity index (χ3n) is 6.47. The number of hydrogen-bond acceptors (Lipinski definition) is 5. The molecule has 4 aromatic rings. The molecule has 2 aromatic heterocycles. The van der Waals surface area contributed by atoms with Crippen LogP contribution in [0.3, 0.4) is 0 Å². The van der Waals surface area contributed by atoms with E-state index >= 15 is 4.39 Å². The lowest BCUT2D eigenvalue weighted by Gasteiger charge is -2.29. The molecule has 1 aliphatic rings. The molecule has 1 atom stereocenters. The molecule has 8 nitrogen and oxygen atoms in total. The minimum absolute atomic E-state index is 0.127. The zero-order chi connectivity index (χ0) is 27.0. The van der Waals surface area contributed by atoms with Gasteiger partial charge in [-0.25, -0.2) is 12.9 Å². The maximum absolute atomic E-state index is 15.3. The minimum Gasteiger partial charge on any atom is -0.456 e. The van der Waals surface area contributed by atoms with Crippen molar-refractivity contribution in [2.45, 2.75) is 51.0 Å². The molecule has 198 valence electrons. The van der Waals surface area contributed by atoms with Gasteiger partial charge in [-0.05, 0) is 70.0 Å². The molecule has 2 aromatic carbocycles. The molecule has 1 saturated heterocycles. The average molecular weight is 536 g/mol. The van der Waals surface area contributed by atoms with Gasteiger partial charge in [-0.2, -0.15) is 5.10 Å². The number of halogens is 1. The number of hydrogen-bond donors (Lipinski definition) is 1. The predicted molar refractivity (Wildman–Crippen MR) is 145 cm³/mol. The highest BCUT2D eigenvalue weighted by Gasteiger charge is 2.22. The van der Waals surface area contributed by atoms with Crippen LogP contribution in [0.25, 0.3) is 10.9 Å². The number of fused-ring (bicyclic) bond motifs is 1. The number of carbonyl (C=O) groups is 1. The number of pyridine rings is 1. The maximum Gasteiger partial charge on any atom is 0.228 e. The summed E-state index contributed by atoms with van der Waals surface area (Å²) < 4.78 is 37.9. The summed E-state index contributed by atoms with van der Waals surface area (Å²) in [6, 6.07) is 10.4. The standard InChI is InChI=1S/C28H30FN5O3S/c1-18-24(9-6-19(27(18)29)14-26(35)32-20-16-31-34(17-20)28(2,3)4)37-25-10-11-30-23-8-7-21(15-22(23)25)38(36)33-12-5-13-33/h6-11,15-17H,5,12-14H2,1-4H3,(H,32,35). The molecule has 1 unspecified atom stereocenters. The van der Waals surface area contributed by atoms with Crippen LogP contribution >= 0.6 is 0 Å². The van der Waals surface area contributed by atoms with E-state index < -0.39 is 16.8 Å². The Kier molecular flexibility index (Phi) is 7.02. The van der Waals surface area contributed by atoms with E-state index in [1.807, 2.05) is 43.3 Å². The lowest BCUT2D eigenvalue weighted by atomic mass is 10.1. The number of benzene rings is 2. The molecule has 1 amide bonds. The molecule has 0 spiro atoms. The molecule has 5 rings (SSSR count). The van der Waals surface area contributed by atoms with E-state index in [0.29, 0.717) is 38.5 Å². The summed E-state index contributed by atoms with van der Waals surface area (Å²) in [5, 5.41) is 7.74. The number of aromatic nitrogens is 3. The van der Waals surface area contributed by atoms with E-state index in [2.05, 4.69) is 15.4 Å². The summed E-state index contributed by atoms with van der Waals surface area (Å²) in [7, 11) is -1.24. The lowest BCUT2D eigenvalue weighted by Crippen LogP contribution is -2.38. The summed E-state index contributed by atoms with van der Waals surface area (Å²) >= 11 is 0. The van der Waals surface area contributed by atoms with Crippen molar-refractivity contribution in [2.75, 3.05) is 18.4 Å². The van der Waals surface area contributed by atoms with Gasteiger partial charge in [-0.3, -0.25) is 14.5 Å². The van der Waals surface area contributed by atoms with Crippen LogP contribution in [-0.2, 0) is 27.7 Å². The van der Waals surface area contributed by atoms with Gasteiger partial charge in [0, 0.05) is 36.4 Å². The number of nitrogens with one attached hydrogen (secondary N) is 1. The third-order valence-corrected chi connectivity index (χ3v) is 7.96. The Labute approximate surface area is 223 Å². The minimum atomic E-state index is -1.24. The van der Waals surface area contributed by atoms with E-state index in [1.165, 1.54) is 0 Å². The zero-order valence-corrected chi connectivity index (χ0v) is 22.6. The monoisotopic (exact) mass is 535 g/mol. The average Bonchev–Trinajstić information content (AvgIpc) is 3.31. The summed E-state index contributed by atoms with van der Waals surface area (Å²) in [6.07, 6.45) is 5.86. The Morgan fingerprint density at radius 2 is 1.95 bits per heavy atom. The first kappa shape index (κ1) is 26.0. The molecule has 0 saturated carbocycles. The molecule has 3 heterocycles. The molecule has 1 fully saturated rings. The fraction of sp³-hybridized carbons (Fsp3) is 0.321. The van der Waals surface area contributed by atoms with Crippen LogP contribution < -0.4 is 10.1 Å². The van der Waals surface area contributed by atoms with Gasteiger partial charge in [-0.1, -0.05) is 6.07 Å². The second kappa shape index (κ2) is 10.3. The maximum atomic E-state index is 15.3. The van der Waals surface area contributed by atoms with E-state index in [-0.39, 0.29) is 23.4 Å². The number of ether oxygens (including phenoxy) is 1. The summed E-state index contributed by atoms with van der Waals surface area (Å²) in [6.45, 7) is 9.27. The van der Waals surface area contributed by atoms with Crippen LogP contribution in [0.15, 0.2) is 59.9 Å². The number of anilines is 1. The van der Waals surface area contributed by atoms with Gasteiger partial charge in [0.2, 0.25) is 5.91 Å². The van der Waals surface area contributed by atoms with Crippen LogP contribution in [-0.4, -0.2) is 42.3 Å². The van der Waals surface area contributed by atoms with Gasteiger partial charge in [-0.15, -0.1) is 0 Å². The Bertz CT molecular complexity index is 1540. The Balaban J connectivity index is 1.34. The highest BCUT2D eigenvalue weighted by molar-refractivity contribution is 7.82. The smallest absolute Gasteiger partial charge is 0.228 e. The van der Waals surface area contributed by atoms with Gasteiger partial charge < -0.3 is 10.1 Å². The van der Waals surface area contributed by atoms with Crippen molar-refractivity contribution >= 4 is 33.5 Å². The van der Waals surface area contributed by atoms with Crippen molar-refractivity contribution in [1.29, 1.82) is 0 Å². The molecule has 10 heteroatoms. The van der Waals surface area contributed by atoms with Gasteiger partial charge in [0.15, 0.2) is 0 Å². The van der Waals surface area contributed by atoms with Gasteiger partial charge in [0.25, 0.3) is 0 Å². The van der Waals surface area contributed by atoms with Gasteiger partial charge in [0.1, 0.15) is 28.3 Å². The topological polar surface area (TPSA) is 89.3 Å². The summed E-state index contributed by atoms with van der Waals surface area (Å²) in [5.41, 5.74) is 1.59. The molecule has 1 aliphatic heterocycles. The largest absolute Gasteiger partial charge is 0.456 e. The lowest BCUT2D eigenvalue weighted by molar-refractivity contribution is -0.115. The van der Waals surface area contributed by atoms with Crippen LogP contribution in [0.1, 0.15) is 38.3 Å². The second-order valence-corrected chi connectivity index (χ2v) is 11.8. The predicted octanol–water partition coefficient (Wildman–Crippen LogP) is 5.34. The Morgan fingerprint density at radius 1 is 1.16 bits per heavy atom. The van der Waals surface area contributed by atoms with E-state index in [1.54, 1.807) is 48.4 Å². The first-order valence-corrected chi connectivity index (χ1v) is 13.6. The Hall–Kier alpha value is -3.63. The first-order chi connectivity index (χ1) is 18.1. The van der Waals surface area contributed by atoms with Crippen LogP contribution in [0, 0.1) is 12.7 Å². The van der Waals surface area contributed by atoms with Gasteiger partial charge >= 0.3 is 0 Å². The molecular formula is C28H30FN5O3S. The number of rotatable bonds is 7. The number of amides is 1. The summed E-state index contributed by atoms with van der Waals surface area (Å²) in [5.74, 6) is -0.0181. The zero-order valence-electron chi connectivity index (χ0n) is 21.8. The normalized spacial score (nSPS) is 14.8. The highest BCUT2D eigenvalue weighted by atomic mass is 32.2. The van der Waals surface area contributed by atoms with Crippen molar-refractivity contribution < 1.29 is 18.1 Å². The van der Waals surface area contributed by atoms with Crippen molar-refractivity contribution in [3.05, 3.63) is 71.9 Å². The SMILES string of the molecule is Cc1c(Oc2ccnc3ccc(S(=O)N4CCC4)cc23)ccc(CC(=O)Nc2cnn(C(C)(C)C)c2)c1F.